The summed E-state index contributed by atoms with van der Waals surface area (Å²) in [6.45, 7) is 5.96. The molecule has 1 aromatic rings. The number of carbonyl (C=O) groups is 2. The summed E-state index contributed by atoms with van der Waals surface area (Å²) in [5.74, 6) is -0.420. The lowest BCUT2D eigenvalue weighted by Gasteiger charge is -2.15. The number of nitrogens with one attached hydrogen (secondary N) is 2. The SMILES string of the molecule is CCCC[C@H](CC)C(=O)NNC(=O)c1ccccc1C. The highest BCUT2D eigenvalue weighted by atomic mass is 16.2. The van der Waals surface area contributed by atoms with Crippen molar-refractivity contribution in [2.75, 3.05) is 0 Å². The van der Waals surface area contributed by atoms with E-state index in [-0.39, 0.29) is 17.7 Å². The first-order valence-corrected chi connectivity index (χ1v) is 7.25. The van der Waals surface area contributed by atoms with E-state index in [1.54, 1.807) is 12.1 Å². The molecule has 1 atom stereocenters. The smallest absolute Gasteiger partial charge is 0.269 e. The van der Waals surface area contributed by atoms with Gasteiger partial charge in [0.15, 0.2) is 0 Å². The predicted molar refractivity (Wildman–Crippen MR) is 80.1 cm³/mol. The normalized spacial score (nSPS) is 11.8. The molecule has 4 nitrogen and oxygen atoms in total. The molecule has 1 rings (SSSR count). The number of benzene rings is 1. The van der Waals surface area contributed by atoms with E-state index in [2.05, 4.69) is 17.8 Å². The summed E-state index contributed by atoms with van der Waals surface area (Å²) in [6, 6.07) is 7.29. The average molecular weight is 276 g/mol. The number of amides is 2. The Morgan fingerprint density at radius 1 is 1.15 bits per heavy atom. The van der Waals surface area contributed by atoms with Crippen LogP contribution >= 0.6 is 0 Å². The molecule has 0 aliphatic carbocycles. The number of unbranched alkanes of at least 4 members (excludes halogenated alkanes) is 1. The third-order valence-corrected chi connectivity index (χ3v) is 3.46. The maximum atomic E-state index is 12.0. The Bertz CT molecular complexity index is 458. The van der Waals surface area contributed by atoms with E-state index in [0.717, 1.165) is 31.2 Å². The van der Waals surface area contributed by atoms with E-state index < -0.39 is 0 Å². The lowest BCUT2D eigenvalue weighted by atomic mass is 9.99. The van der Waals surface area contributed by atoms with Crippen LogP contribution in [0.3, 0.4) is 0 Å². The van der Waals surface area contributed by atoms with Crippen LogP contribution in [0.15, 0.2) is 24.3 Å². The minimum Gasteiger partial charge on any atom is -0.273 e. The average Bonchev–Trinajstić information content (AvgIpc) is 2.46. The first kappa shape index (κ1) is 16.2. The molecule has 0 heterocycles. The molecule has 0 saturated carbocycles. The van der Waals surface area contributed by atoms with Gasteiger partial charge >= 0.3 is 0 Å². The predicted octanol–water partition coefficient (Wildman–Crippen LogP) is 2.97. The van der Waals surface area contributed by atoms with Gasteiger partial charge in [-0.1, -0.05) is 44.9 Å². The molecular formula is C16H24N2O2. The Morgan fingerprint density at radius 2 is 1.85 bits per heavy atom. The fraction of sp³-hybridized carbons (Fsp3) is 0.500. The standard InChI is InChI=1S/C16H24N2O2/c1-4-6-10-13(5-2)15(19)17-18-16(20)14-11-8-7-9-12(14)3/h7-9,11,13H,4-6,10H2,1-3H3,(H,17,19)(H,18,20)/t13-/m0/s1. The zero-order chi connectivity index (χ0) is 15.0. The zero-order valence-corrected chi connectivity index (χ0v) is 12.5. The highest BCUT2D eigenvalue weighted by Crippen LogP contribution is 2.12. The summed E-state index contributed by atoms with van der Waals surface area (Å²) in [4.78, 5) is 23.9. The molecule has 0 aliphatic rings. The van der Waals surface area contributed by atoms with E-state index >= 15 is 0 Å². The third kappa shape index (κ3) is 4.68. The van der Waals surface area contributed by atoms with Gasteiger partial charge in [-0.25, -0.2) is 0 Å². The second-order valence-electron chi connectivity index (χ2n) is 5.01. The van der Waals surface area contributed by atoms with Crippen molar-refractivity contribution in [2.24, 2.45) is 5.92 Å². The molecule has 0 spiro atoms. The van der Waals surface area contributed by atoms with Crippen LogP contribution in [0.2, 0.25) is 0 Å². The van der Waals surface area contributed by atoms with Crippen LogP contribution in [0.1, 0.15) is 55.5 Å². The summed E-state index contributed by atoms with van der Waals surface area (Å²) in [7, 11) is 0. The largest absolute Gasteiger partial charge is 0.273 e. The van der Waals surface area contributed by atoms with Crippen LogP contribution in [-0.4, -0.2) is 11.8 Å². The maximum Gasteiger partial charge on any atom is 0.269 e. The topological polar surface area (TPSA) is 58.2 Å². The maximum absolute atomic E-state index is 12.0. The van der Waals surface area contributed by atoms with Crippen LogP contribution in [-0.2, 0) is 4.79 Å². The third-order valence-electron chi connectivity index (χ3n) is 3.46. The van der Waals surface area contributed by atoms with Gasteiger partial charge in [0.25, 0.3) is 5.91 Å². The minimum absolute atomic E-state index is 0.0351. The van der Waals surface area contributed by atoms with Crippen molar-refractivity contribution in [1.82, 2.24) is 10.9 Å². The van der Waals surface area contributed by atoms with Gasteiger partial charge in [-0.15, -0.1) is 0 Å². The fourth-order valence-corrected chi connectivity index (χ4v) is 2.09. The molecule has 0 radical (unpaired) electrons. The Hall–Kier alpha value is -1.84. The van der Waals surface area contributed by atoms with Gasteiger partial charge in [0.2, 0.25) is 5.91 Å². The first-order valence-electron chi connectivity index (χ1n) is 7.25. The molecular weight excluding hydrogens is 252 g/mol. The molecule has 2 amide bonds. The Labute approximate surface area is 120 Å². The number of hydrazine groups is 1. The summed E-state index contributed by atoms with van der Waals surface area (Å²) < 4.78 is 0. The molecule has 4 heteroatoms. The van der Waals surface area contributed by atoms with E-state index in [0.29, 0.717) is 5.56 Å². The Morgan fingerprint density at radius 3 is 2.45 bits per heavy atom. The molecule has 0 saturated heterocycles. The number of rotatable bonds is 6. The second-order valence-corrected chi connectivity index (χ2v) is 5.01. The minimum atomic E-state index is -0.276. The second kappa shape index (κ2) is 8.35. The van der Waals surface area contributed by atoms with Crippen LogP contribution in [0, 0.1) is 12.8 Å². The number of hydrogen-bond acceptors (Lipinski definition) is 2. The molecule has 20 heavy (non-hydrogen) atoms. The van der Waals surface area contributed by atoms with Crippen molar-refractivity contribution in [3.05, 3.63) is 35.4 Å². The van der Waals surface area contributed by atoms with Crippen molar-refractivity contribution in [3.63, 3.8) is 0 Å². The lowest BCUT2D eigenvalue weighted by molar-refractivity contribution is -0.126. The zero-order valence-electron chi connectivity index (χ0n) is 12.5. The van der Waals surface area contributed by atoms with Gasteiger partial charge in [-0.05, 0) is 31.4 Å². The number of hydrogen-bond donors (Lipinski definition) is 2. The molecule has 2 N–H and O–H groups in total. The van der Waals surface area contributed by atoms with Gasteiger partial charge in [0.05, 0.1) is 0 Å². The fourth-order valence-electron chi connectivity index (χ4n) is 2.09. The summed E-state index contributed by atoms with van der Waals surface area (Å²) >= 11 is 0. The van der Waals surface area contributed by atoms with Gasteiger partial charge in [-0.3, -0.25) is 20.4 Å². The summed E-state index contributed by atoms with van der Waals surface area (Å²) in [5.41, 5.74) is 6.49. The van der Waals surface area contributed by atoms with E-state index in [1.807, 2.05) is 26.0 Å². The van der Waals surface area contributed by atoms with Gasteiger partial charge in [0, 0.05) is 11.5 Å². The molecule has 110 valence electrons. The van der Waals surface area contributed by atoms with Crippen molar-refractivity contribution in [2.45, 2.75) is 46.5 Å². The van der Waals surface area contributed by atoms with Gasteiger partial charge in [-0.2, -0.15) is 0 Å². The number of carbonyl (C=O) groups excluding carboxylic acids is 2. The van der Waals surface area contributed by atoms with Crippen LogP contribution in [0.25, 0.3) is 0 Å². The Balaban J connectivity index is 2.52. The van der Waals surface area contributed by atoms with Crippen molar-refractivity contribution in [1.29, 1.82) is 0 Å². The summed E-state index contributed by atoms with van der Waals surface area (Å²) in [5, 5.41) is 0. The molecule has 0 unspecified atom stereocenters. The molecule has 0 fully saturated rings. The first-order chi connectivity index (χ1) is 9.60. The van der Waals surface area contributed by atoms with Crippen molar-refractivity contribution in [3.8, 4) is 0 Å². The van der Waals surface area contributed by atoms with Gasteiger partial charge in [0.1, 0.15) is 0 Å². The van der Waals surface area contributed by atoms with Crippen molar-refractivity contribution >= 4 is 11.8 Å². The summed E-state index contributed by atoms with van der Waals surface area (Å²) in [6.07, 6.45) is 3.74. The van der Waals surface area contributed by atoms with E-state index in [1.165, 1.54) is 0 Å². The number of aryl methyl sites for hydroxylation is 1. The van der Waals surface area contributed by atoms with Crippen molar-refractivity contribution < 1.29 is 9.59 Å². The molecule has 0 bridgehead atoms. The highest BCUT2D eigenvalue weighted by Gasteiger charge is 2.16. The Kier molecular flexibility index (Phi) is 6.77. The molecule has 1 aromatic carbocycles. The molecule has 0 aromatic heterocycles. The van der Waals surface area contributed by atoms with Crippen LogP contribution < -0.4 is 10.9 Å². The monoisotopic (exact) mass is 276 g/mol. The van der Waals surface area contributed by atoms with Crippen LogP contribution in [0.5, 0.6) is 0 Å². The van der Waals surface area contributed by atoms with Gasteiger partial charge < -0.3 is 0 Å². The van der Waals surface area contributed by atoms with E-state index in [4.69, 9.17) is 0 Å². The van der Waals surface area contributed by atoms with E-state index in [9.17, 15) is 9.59 Å². The highest BCUT2D eigenvalue weighted by molar-refractivity contribution is 5.96. The lowest BCUT2D eigenvalue weighted by Crippen LogP contribution is -2.44. The quantitative estimate of drug-likeness (QED) is 0.785. The van der Waals surface area contributed by atoms with Crippen LogP contribution in [0.4, 0.5) is 0 Å². The molecule has 0 aliphatic heterocycles.